The van der Waals surface area contributed by atoms with Crippen molar-refractivity contribution in [3.05, 3.63) is 57.0 Å². The van der Waals surface area contributed by atoms with Gasteiger partial charge in [-0.2, -0.15) is 0 Å². The number of fused-ring (bicyclic) bond motifs is 8. The van der Waals surface area contributed by atoms with E-state index in [-0.39, 0.29) is 55.7 Å². The molecule has 0 amide bonds. The summed E-state index contributed by atoms with van der Waals surface area (Å²) in [5, 5.41) is 43.3. The monoisotopic (exact) mass is 746 g/mol. The van der Waals surface area contributed by atoms with E-state index in [4.69, 9.17) is 9.15 Å². The molecule has 1 aromatic carbocycles. The van der Waals surface area contributed by atoms with Gasteiger partial charge in [-0.05, 0) is 130 Å². The molecular weight excluding hydrogens is 680 g/mol. The lowest BCUT2D eigenvalue weighted by molar-refractivity contribution is -0.218. The molecule has 0 aliphatic heterocycles. The zero-order valence-corrected chi connectivity index (χ0v) is 34.7. The largest absolute Gasteiger partial charge is 0.507 e. The molecule has 7 rings (SSSR count). The molecule has 9 atom stereocenters. The summed E-state index contributed by atoms with van der Waals surface area (Å²) in [7, 11) is 1.53. The van der Waals surface area contributed by atoms with Crippen LogP contribution < -0.4 is 10.2 Å². The van der Waals surface area contributed by atoms with Crippen LogP contribution in [0.25, 0.3) is 11.0 Å². The van der Waals surface area contributed by atoms with Crippen molar-refractivity contribution >= 4 is 16.9 Å². The summed E-state index contributed by atoms with van der Waals surface area (Å²) in [6.45, 7) is 22.1. The summed E-state index contributed by atoms with van der Waals surface area (Å²) in [6.07, 6.45) is 12.0. The van der Waals surface area contributed by atoms with E-state index in [9.17, 15) is 30.0 Å². The number of aliphatic carboxylic acids is 1. The van der Waals surface area contributed by atoms with E-state index in [1.54, 1.807) is 6.92 Å². The SMILES string of the molecule is CC1(C)CCC2(C(=O)O)C(O)CC3(C)C(=CCC4C5(C)CCC(O)C(C)(C)C5CCC43C)C2C1.COc1cc(O)c2c(=O)cc(C)oc2c1CC=C(C)C. The Kier molecular flexibility index (Phi) is 10.2. The number of hydrogen-bond acceptors (Lipinski definition) is 7. The fraction of sp³-hybridized carbons (Fsp3) is 0.696. The number of methoxy groups -OCH3 is 1. The molecule has 8 nitrogen and oxygen atoms in total. The van der Waals surface area contributed by atoms with Crippen LogP contribution in [-0.2, 0) is 11.2 Å². The van der Waals surface area contributed by atoms with Crippen LogP contribution in [0.15, 0.2) is 44.6 Å². The number of aliphatic hydroxyl groups excluding tert-OH is 2. The molecule has 5 aliphatic carbocycles. The zero-order valence-electron chi connectivity index (χ0n) is 34.7. The van der Waals surface area contributed by atoms with E-state index in [1.807, 2.05) is 19.9 Å². The molecule has 4 N–H and O–H groups in total. The molecule has 0 saturated heterocycles. The zero-order chi connectivity index (χ0) is 40.0. The normalized spacial score (nSPS) is 37.6. The summed E-state index contributed by atoms with van der Waals surface area (Å²) in [5.74, 6) is 0.993. The molecule has 298 valence electrons. The Morgan fingerprint density at radius 3 is 2.26 bits per heavy atom. The highest BCUT2D eigenvalue weighted by molar-refractivity contribution is 5.88. The average Bonchev–Trinajstić information content (AvgIpc) is 3.06. The smallest absolute Gasteiger partial charge is 0.312 e. The maximum Gasteiger partial charge on any atom is 0.312 e. The van der Waals surface area contributed by atoms with Crippen molar-refractivity contribution in [1.82, 2.24) is 0 Å². The first-order valence-electron chi connectivity index (χ1n) is 20.3. The van der Waals surface area contributed by atoms with Crippen molar-refractivity contribution in [3.8, 4) is 11.5 Å². The van der Waals surface area contributed by atoms with Crippen LogP contribution in [0.3, 0.4) is 0 Å². The van der Waals surface area contributed by atoms with Crippen LogP contribution in [0.4, 0.5) is 0 Å². The van der Waals surface area contributed by atoms with Crippen LogP contribution in [0.5, 0.6) is 11.5 Å². The lowest BCUT2D eigenvalue weighted by atomic mass is 9.33. The molecule has 1 aromatic heterocycles. The number of ether oxygens (including phenoxy) is 1. The quantitative estimate of drug-likeness (QED) is 0.227. The molecule has 8 heteroatoms. The second-order valence-electron chi connectivity index (χ2n) is 20.1. The van der Waals surface area contributed by atoms with Gasteiger partial charge in [0.25, 0.3) is 0 Å². The van der Waals surface area contributed by atoms with E-state index in [2.05, 4.69) is 54.5 Å². The number of phenolic OH excluding ortho intramolecular Hbond substituents is 1. The minimum Gasteiger partial charge on any atom is -0.507 e. The van der Waals surface area contributed by atoms with Gasteiger partial charge < -0.3 is 29.6 Å². The molecule has 4 fully saturated rings. The van der Waals surface area contributed by atoms with Crippen LogP contribution in [0.1, 0.15) is 131 Å². The fourth-order valence-corrected chi connectivity index (χ4v) is 12.9. The number of phenols is 1. The van der Waals surface area contributed by atoms with Gasteiger partial charge in [0, 0.05) is 17.7 Å². The Balaban J connectivity index is 0.000000212. The van der Waals surface area contributed by atoms with Gasteiger partial charge in [0.2, 0.25) is 0 Å². The van der Waals surface area contributed by atoms with E-state index in [1.165, 1.54) is 24.8 Å². The van der Waals surface area contributed by atoms with Gasteiger partial charge in [0.1, 0.15) is 33.6 Å². The summed E-state index contributed by atoms with van der Waals surface area (Å²) in [5.41, 5.74) is 2.36. The number of allylic oxidation sites excluding steroid dienone is 4. The molecule has 0 bridgehead atoms. The van der Waals surface area contributed by atoms with Crippen LogP contribution in [-0.4, -0.2) is 45.7 Å². The third-order valence-corrected chi connectivity index (χ3v) is 16.2. The van der Waals surface area contributed by atoms with E-state index >= 15 is 0 Å². The number of carboxylic acid groups (broad SMARTS) is 1. The first kappa shape index (κ1) is 40.6. The predicted octanol–water partition coefficient (Wildman–Crippen LogP) is 9.53. The number of benzene rings is 1. The Labute approximate surface area is 322 Å². The molecule has 0 radical (unpaired) electrons. The highest BCUT2D eigenvalue weighted by Crippen LogP contribution is 2.75. The molecule has 1 heterocycles. The standard InChI is InChI=1S/C30H48O4.C16H18O4/c1-25(2)14-15-30(24(33)34)19(16-25)18-8-9-21-27(5)12-11-22(31)26(3,4)20(27)10-13-28(21,6)29(18,7)17-23(30)32;1-9(2)5-6-11-14(19-4)8-13(18)15-12(17)7-10(3)20-16(11)15/h8,19-23,31-32H,9-17H2,1-7H3,(H,33,34);5,7-8,18H,6H2,1-4H3. The highest BCUT2D eigenvalue weighted by Gasteiger charge is 2.71. The van der Waals surface area contributed by atoms with Gasteiger partial charge >= 0.3 is 5.97 Å². The fourth-order valence-electron chi connectivity index (χ4n) is 12.9. The van der Waals surface area contributed by atoms with Crippen LogP contribution in [0, 0.1) is 57.2 Å². The van der Waals surface area contributed by atoms with Gasteiger partial charge in [-0.15, -0.1) is 0 Å². The van der Waals surface area contributed by atoms with Crippen molar-refractivity contribution in [1.29, 1.82) is 0 Å². The van der Waals surface area contributed by atoms with E-state index in [0.29, 0.717) is 48.2 Å². The Hall–Kier alpha value is -3.10. The van der Waals surface area contributed by atoms with Gasteiger partial charge in [-0.1, -0.05) is 71.8 Å². The summed E-state index contributed by atoms with van der Waals surface area (Å²) in [6, 6.07) is 2.84. The predicted molar refractivity (Wildman–Crippen MR) is 213 cm³/mol. The number of hydrogen-bond donors (Lipinski definition) is 4. The average molecular weight is 747 g/mol. The van der Waals surface area contributed by atoms with Gasteiger partial charge in [-0.25, -0.2) is 0 Å². The second-order valence-corrected chi connectivity index (χ2v) is 20.1. The molecule has 4 saturated carbocycles. The third-order valence-electron chi connectivity index (χ3n) is 16.2. The maximum absolute atomic E-state index is 12.8. The van der Waals surface area contributed by atoms with Crippen LogP contribution in [0.2, 0.25) is 0 Å². The van der Waals surface area contributed by atoms with Gasteiger partial charge in [-0.3, -0.25) is 9.59 Å². The van der Waals surface area contributed by atoms with Gasteiger partial charge in [0.15, 0.2) is 5.43 Å². The molecular formula is C46H66O8. The molecule has 2 aromatic rings. The summed E-state index contributed by atoms with van der Waals surface area (Å²) in [4.78, 5) is 24.8. The third kappa shape index (κ3) is 5.99. The second kappa shape index (κ2) is 13.5. The Morgan fingerprint density at radius 2 is 1.63 bits per heavy atom. The van der Waals surface area contributed by atoms with Crippen molar-refractivity contribution < 1.29 is 34.4 Å². The van der Waals surface area contributed by atoms with E-state index in [0.717, 1.165) is 56.1 Å². The highest BCUT2D eigenvalue weighted by atomic mass is 16.5. The number of aliphatic hydroxyl groups is 2. The first-order chi connectivity index (χ1) is 25.0. The Bertz CT molecular complexity index is 1930. The summed E-state index contributed by atoms with van der Waals surface area (Å²) < 4.78 is 11.0. The summed E-state index contributed by atoms with van der Waals surface area (Å²) >= 11 is 0. The molecule has 5 aliphatic rings. The number of carbonyl (C=O) groups is 1. The maximum atomic E-state index is 12.8. The minimum atomic E-state index is -1.04. The number of carboxylic acids is 1. The molecule has 9 unspecified atom stereocenters. The number of aromatic hydroxyl groups is 1. The lowest BCUT2D eigenvalue weighted by Gasteiger charge is -2.71. The molecule has 54 heavy (non-hydrogen) atoms. The van der Waals surface area contributed by atoms with Gasteiger partial charge in [0.05, 0.1) is 19.3 Å². The number of rotatable bonds is 4. The van der Waals surface area contributed by atoms with E-state index < -0.39 is 17.5 Å². The Morgan fingerprint density at radius 1 is 0.944 bits per heavy atom. The number of aryl methyl sites for hydroxylation is 1. The van der Waals surface area contributed by atoms with Crippen LogP contribution >= 0.6 is 0 Å². The first-order valence-corrected chi connectivity index (χ1v) is 20.3. The van der Waals surface area contributed by atoms with Crippen molar-refractivity contribution in [2.45, 2.75) is 146 Å². The lowest BCUT2D eigenvalue weighted by Crippen LogP contribution is -2.67. The van der Waals surface area contributed by atoms with Crippen molar-refractivity contribution in [2.24, 2.45) is 50.2 Å². The van der Waals surface area contributed by atoms with Crippen molar-refractivity contribution in [3.63, 3.8) is 0 Å². The van der Waals surface area contributed by atoms with Crippen molar-refractivity contribution in [2.75, 3.05) is 7.11 Å². The minimum absolute atomic E-state index is 0.0218. The molecule has 0 spiro atoms. The topological polar surface area (TPSA) is 137 Å².